The lowest BCUT2D eigenvalue weighted by molar-refractivity contribution is 0.500. The molecule has 1 aromatic rings. The Kier molecular flexibility index (Phi) is 3.74. The van der Waals surface area contributed by atoms with Crippen LogP contribution in [0, 0.1) is 0 Å². The highest BCUT2D eigenvalue weighted by Gasteiger charge is 2.20. The molecule has 0 heteroatoms. The van der Waals surface area contributed by atoms with Gasteiger partial charge in [0.15, 0.2) is 0 Å². The minimum Gasteiger partial charge on any atom is -0.0651 e. The van der Waals surface area contributed by atoms with Gasteiger partial charge in [0.05, 0.1) is 0 Å². The van der Waals surface area contributed by atoms with Crippen LogP contribution in [0.15, 0.2) is 24.3 Å². The van der Waals surface area contributed by atoms with Crippen molar-refractivity contribution in [2.24, 2.45) is 0 Å². The maximum absolute atomic E-state index is 2.33. The zero-order valence-corrected chi connectivity index (χ0v) is 9.93. The Balaban J connectivity index is 3.06. The summed E-state index contributed by atoms with van der Waals surface area (Å²) < 4.78 is 0. The largest absolute Gasteiger partial charge is 0.0651 e. The van der Waals surface area contributed by atoms with Gasteiger partial charge in [-0.2, -0.15) is 0 Å². The van der Waals surface area contributed by atoms with Gasteiger partial charge in [0.2, 0.25) is 0 Å². The Bertz CT molecular complexity index is 284. The van der Waals surface area contributed by atoms with Gasteiger partial charge in [-0.15, -0.1) is 0 Å². The van der Waals surface area contributed by atoms with Crippen LogP contribution in [0.3, 0.4) is 0 Å². The van der Waals surface area contributed by atoms with Crippen LogP contribution in [0.4, 0.5) is 0 Å². The smallest absolute Gasteiger partial charge is 0.0103 e. The molecule has 0 fully saturated rings. The van der Waals surface area contributed by atoms with E-state index in [2.05, 4.69) is 52.0 Å². The molecule has 0 bridgehead atoms. The molecule has 0 aromatic heterocycles. The maximum atomic E-state index is 2.33. The zero-order valence-electron chi connectivity index (χ0n) is 9.93. The Morgan fingerprint density at radius 1 is 1.07 bits per heavy atom. The van der Waals surface area contributed by atoms with Crippen molar-refractivity contribution >= 4 is 0 Å². The summed E-state index contributed by atoms with van der Waals surface area (Å²) in [7, 11) is 0. The topological polar surface area (TPSA) is 0 Å². The molecule has 0 spiro atoms. The number of hydrogen-bond donors (Lipinski definition) is 0. The van der Waals surface area contributed by atoms with Crippen LogP contribution in [-0.4, -0.2) is 0 Å². The van der Waals surface area contributed by atoms with E-state index in [4.69, 9.17) is 0 Å². The Morgan fingerprint density at radius 2 is 1.71 bits per heavy atom. The van der Waals surface area contributed by atoms with Crippen LogP contribution in [0.25, 0.3) is 0 Å². The summed E-state index contributed by atoms with van der Waals surface area (Å²) in [5.41, 5.74) is 3.39. The van der Waals surface area contributed by atoms with E-state index in [0.717, 1.165) is 0 Å². The highest BCUT2D eigenvalue weighted by atomic mass is 14.2. The molecule has 1 aromatic carbocycles. The van der Waals surface area contributed by atoms with Crippen LogP contribution in [-0.2, 0) is 11.8 Å². The fourth-order valence-corrected chi connectivity index (χ4v) is 1.86. The second-order valence-electron chi connectivity index (χ2n) is 4.64. The summed E-state index contributed by atoms with van der Waals surface area (Å²) >= 11 is 0. The monoisotopic (exact) mass is 190 g/mol. The minimum absolute atomic E-state index is 0.325. The lowest BCUT2D eigenvalue weighted by atomic mass is 9.79. The molecule has 0 radical (unpaired) electrons. The maximum Gasteiger partial charge on any atom is -0.0103 e. The van der Waals surface area contributed by atoms with Gasteiger partial charge in [-0.05, 0) is 29.4 Å². The number of benzene rings is 1. The van der Waals surface area contributed by atoms with Gasteiger partial charge in [-0.25, -0.2) is 0 Å². The molecular formula is C14H22. The minimum atomic E-state index is 0.325. The zero-order chi connectivity index (χ0) is 10.6. The predicted octanol–water partition coefficient (Wildman–Crippen LogP) is 4.33. The van der Waals surface area contributed by atoms with Crippen molar-refractivity contribution in [3.8, 4) is 0 Å². The van der Waals surface area contributed by atoms with Gasteiger partial charge in [-0.3, -0.25) is 0 Å². The fourth-order valence-electron chi connectivity index (χ4n) is 1.86. The van der Waals surface area contributed by atoms with Gasteiger partial charge < -0.3 is 0 Å². The number of rotatable bonds is 4. The summed E-state index contributed by atoms with van der Waals surface area (Å²) in [5, 5.41) is 0. The molecule has 0 unspecified atom stereocenters. The third-order valence-electron chi connectivity index (χ3n) is 3.15. The van der Waals surface area contributed by atoms with Gasteiger partial charge in [-0.1, -0.05) is 58.4 Å². The van der Waals surface area contributed by atoms with Crippen LogP contribution < -0.4 is 0 Å². The molecule has 0 aliphatic rings. The third-order valence-corrected chi connectivity index (χ3v) is 3.15. The van der Waals surface area contributed by atoms with E-state index in [1.807, 2.05) is 0 Å². The van der Waals surface area contributed by atoms with Gasteiger partial charge in [0, 0.05) is 0 Å². The SMILES string of the molecule is CCCc1ccccc1C(C)(C)CC. The van der Waals surface area contributed by atoms with Crippen molar-refractivity contribution in [3.05, 3.63) is 35.4 Å². The Labute approximate surface area is 88.4 Å². The average molecular weight is 190 g/mol. The quantitative estimate of drug-likeness (QED) is 0.663. The highest BCUT2D eigenvalue weighted by molar-refractivity contribution is 5.33. The van der Waals surface area contributed by atoms with Gasteiger partial charge >= 0.3 is 0 Å². The molecule has 0 saturated carbocycles. The lowest BCUT2D eigenvalue weighted by Gasteiger charge is -2.26. The number of hydrogen-bond acceptors (Lipinski definition) is 0. The first-order chi connectivity index (χ1) is 6.61. The first kappa shape index (κ1) is 11.3. The molecular weight excluding hydrogens is 168 g/mol. The fraction of sp³-hybridized carbons (Fsp3) is 0.571. The summed E-state index contributed by atoms with van der Waals surface area (Å²) in [6.45, 7) is 9.18. The Morgan fingerprint density at radius 3 is 2.29 bits per heavy atom. The van der Waals surface area contributed by atoms with Crippen molar-refractivity contribution in [3.63, 3.8) is 0 Å². The summed E-state index contributed by atoms with van der Waals surface area (Å²) in [4.78, 5) is 0. The van der Waals surface area contributed by atoms with Crippen LogP contribution in [0.5, 0.6) is 0 Å². The van der Waals surface area contributed by atoms with E-state index in [-0.39, 0.29) is 0 Å². The van der Waals surface area contributed by atoms with Gasteiger partial charge in [0.1, 0.15) is 0 Å². The Hall–Kier alpha value is -0.780. The molecule has 78 valence electrons. The average Bonchev–Trinajstić information content (AvgIpc) is 2.19. The molecule has 1 rings (SSSR count). The first-order valence-electron chi connectivity index (χ1n) is 5.70. The number of aryl methyl sites for hydroxylation is 1. The van der Waals surface area contributed by atoms with Crippen molar-refractivity contribution in [1.29, 1.82) is 0 Å². The lowest BCUT2D eigenvalue weighted by Crippen LogP contribution is -2.17. The predicted molar refractivity (Wildman–Crippen MR) is 63.8 cm³/mol. The molecule has 0 aliphatic carbocycles. The van der Waals surface area contributed by atoms with E-state index in [1.165, 1.54) is 30.4 Å². The van der Waals surface area contributed by atoms with Crippen molar-refractivity contribution < 1.29 is 0 Å². The van der Waals surface area contributed by atoms with Crippen LogP contribution >= 0.6 is 0 Å². The van der Waals surface area contributed by atoms with Crippen LogP contribution in [0.1, 0.15) is 51.7 Å². The second kappa shape index (κ2) is 4.63. The molecule has 0 heterocycles. The molecule has 14 heavy (non-hydrogen) atoms. The molecule has 0 atom stereocenters. The van der Waals surface area contributed by atoms with E-state index in [0.29, 0.717) is 5.41 Å². The van der Waals surface area contributed by atoms with E-state index >= 15 is 0 Å². The van der Waals surface area contributed by atoms with Crippen molar-refractivity contribution in [2.45, 2.75) is 52.4 Å². The normalized spacial score (nSPS) is 11.7. The molecule has 0 amide bonds. The summed E-state index contributed by atoms with van der Waals surface area (Å²) in [6, 6.07) is 8.87. The first-order valence-corrected chi connectivity index (χ1v) is 5.70. The van der Waals surface area contributed by atoms with Crippen molar-refractivity contribution in [1.82, 2.24) is 0 Å². The highest BCUT2D eigenvalue weighted by Crippen LogP contribution is 2.29. The molecule has 0 saturated heterocycles. The van der Waals surface area contributed by atoms with E-state index in [9.17, 15) is 0 Å². The standard InChI is InChI=1S/C14H22/c1-5-9-12-10-7-8-11-13(12)14(3,4)6-2/h7-8,10-11H,5-6,9H2,1-4H3. The summed E-state index contributed by atoms with van der Waals surface area (Å²) in [5.74, 6) is 0. The summed E-state index contributed by atoms with van der Waals surface area (Å²) in [6.07, 6.45) is 3.64. The third kappa shape index (κ3) is 2.37. The van der Waals surface area contributed by atoms with E-state index in [1.54, 1.807) is 0 Å². The van der Waals surface area contributed by atoms with Gasteiger partial charge in [0.25, 0.3) is 0 Å². The van der Waals surface area contributed by atoms with Crippen LogP contribution in [0.2, 0.25) is 0 Å². The molecule has 0 nitrogen and oxygen atoms in total. The molecule has 0 aliphatic heterocycles. The second-order valence-corrected chi connectivity index (χ2v) is 4.64. The molecule has 0 N–H and O–H groups in total. The van der Waals surface area contributed by atoms with Crippen molar-refractivity contribution in [2.75, 3.05) is 0 Å². The van der Waals surface area contributed by atoms with E-state index < -0.39 is 0 Å².